The van der Waals surface area contributed by atoms with Crippen LogP contribution in [0, 0.1) is 5.92 Å². The van der Waals surface area contributed by atoms with Crippen molar-refractivity contribution < 1.29 is 0 Å². The zero-order valence-electron chi connectivity index (χ0n) is 38.8. The standard InChI is InChI=1S/C67H53N/c1-65(2)57-31-15-13-27-52(57)54-41-40-49(43-62(54)65)68(63-42-44-20-9-10-25-50(44)51-26-11-12-29-55(51)63)48-38-36-47(37-39-48)66(45-21-5-3-6-22-45)59-33-17-18-34-60(59)67(46-23-7-4-8-24-46)58-32-16-14-28-53(58)56-30-19-35-61(66)64(56)67/h3-21,23-36,38,41-43,45,49H,22,37,39-40H2,1-2H3. The molecule has 0 bridgehead atoms. The highest BCUT2D eigenvalue weighted by atomic mass is 15.2. The molecule has 0 N–H and O–H groups in total. The lowest BCUT2D eigenvalue weighted by molar-refractivity contribution is 0.403. The molecule has 0 spiro atoms. The Balaban J connectivity index is 1.01. The first-order valence-electron chi connectivity index (χ1n) is 24.9. The number of hydrogen-bond donors (Lipinski definition) is 0. The van der Waals surface area contributed by atoms with E-state index in [0.29, 0.717) is 0 Å². The molecule has 4 atom stereocenters. The minimum atomic E-state index is -0.434. The van der Waals surface area contributed by atoms with Gasteiger partial charge in [-0.25, -0.2) is 0 Å². The van der Waals surface area contributed by atoms with Gasteiger partial charge in [0.25, 0.3) is 0 Å². The summed E-state index contributed by atoms with van der Waals surface area (Å²) in [6, 6.07) is 67.3. The molecule has 0 aromatic heterocycles. The van der Waals surface area contributed by atoms with Gasteiger partial charge in [-0.05, 0) is 127 Å². The zero-order chi connectivity index (χ0) is 45.2. The smallest absolute Gasteiger partial charge is 0.0719 e. The number of hydrogen-bond acceptors (Lipinski definition) is 1. The van der Waals surface area contributed by atoms with Crippen molar-refractivity contribution in [1.29, 1.82) is 0 Å². The van der Waals surface area contributed by atoms with Crippen LogP contribution in [-0.2, 0) is 16.2 Å². The summed E-state index contributed by atoms with van der Waals surface area (Å²) in [5.41, 5.74) is 20.2. The summed E-state index contributed by atoms with van der Waals surface area (Å²) >= 11 is 0. The number of anilines is 1. The molecule has 0 saturated heterocycles. The lowest BCUT2D eigenvalue weighted by Gasteiger charge is -2.53. The highest BCUT2D eigenvalue weighted by Gasteiger charge is 2.59. The molecule has 8 aromatic rings. The van der Waals surface area contributed by atoms with Crippen molar-refractivity contribution in [3.05, 3.63) is 286 Å². The van der Waals surface area contributed by atoms with E-state index in [-0.39, 0.29) is 17.4 Å². The van der Waals surface area contributed by atoms with Crippen molar-refractivity contribution >= 4 is 32.8 Å². The Hall–Kier alpha value is -7.48. The summed E-state index contributed by atoms with van der Waals surface area (Å²) < 4.78 is 0. The third-order valence-electron chi connectivity index (χ3n) is 17.0. The Morgan fingerprint density at radius 1 is 0.529 bits per heavy atom. The molecule has 0 amide bonds. The fourth-order valence-electron chi connectivity index (χ4n) is 14.3. The van der Waals surface area contributed by atoms with Crippen LogP contribution in [0.4, 0.5) is 5.69 Å². The van der Waals surface area contributed by atoms with E-state index in [2.05, 4.69) is 243 Å². The van der Waals surface area contributed by atoms with E-state index in [1.54, 1.807) is 0 Å². The van der Waals surface area contributed by atoms with Gasteiger partial charge >= 0.3 is 0 Å². The molecular weight excluding hydrogens is 819 g/mol. The molecule has 68 heavy (non-hydrogen) atoms. The van der Waals surface area contributed by atoms with Crippen LogP contribution in [0.5, 0.6) is 0 Å². The molecule has 8 aromatic carbocycles. The highest BCUT2D eigenvalue weighted by Crippen LogP contribution is 2.67. The van der Waals surface area contributed by atoms with E-state index in [1.165, 1.54) is 105 Å². The van der Waals surface area contributed by atoms with Gasteiger partial charge in [0.05, 0.1) is 11.5 Å². The van der Waals surface area contributed by atoms with Crippen LogP contribution in [0.25, 0.3) is 38.2 Å². The van der Waals surface area contributed by atoms with Crippen molar-refractivity contribution in [3.63, 3.8) is 0 Å². The molecule has 14 rings (SSSR count). The number of fused-ring (bicyclic) bond motifs is 11. The monoisotopic (exact) mass is 871 g/mol. The van der Waals surface area contributed by atoms with Gasteiger partial charge < -0.3 is 4.90 Å². The van der Waals surface area contributed by atoms with Crippen LogP contribution >= 0.6 is 0 Å². The van der Waals surface area contributed by atoms with Crippen LogP contribution in [0.15, 0.2) is 241 Å². The minimum Gasteiger partial charge on any atom is -0.337 e. The average Bonchev–Trinajstić information content (AvgIpc) is 3.84. The minimum absolute atomic E-state index is 0.0838. The Kier molecular flexibility index (Phi) is 8.61. The van der Waals surface area contributed by atoms with E-state index in [0.717, 1.165) is 25.7 Å². The fraction of sp³-hybridized carbons (Fsp3) is 0.164. The topological polar surface area (TPSA) is 3.24 Å². The molecule has 1 heteroatoms. The number of rotatable bonds is 6. The molecule has 0 heterocycles. The predicted molar refractivity (Wildman–Crippen MR) is 284 cm³/mol. The van der Waals surface area contributed by atoms with E-state index in [4.69, 9.17) is 0 Å². The molecular formula is C67H53N. The predicted octanol–water partition coefficient (Wildman–Crippen LogP) is 16.3. The fourth-order valence-corrected chi connectivity index (χ4v) is 14.3. The third-order valence-corrected chi connectivity index (χ3v) is 17.0. The van der Waals surface area contributed by atoms with Crippen molar-refractivity contribution in [2.75, 3.05) is 4.90 Å². The van der Waals surface area contributed by atoms with Gasteiger partial charge in [-0.3, -0.25) is 0 Å². The average molecular weight is 872 g/mol. The summed E-state index contributed by atoms with van der Waals surface area (Å²) in [5.74, 6) is 0.234. The van der Waals surface area contributed by atoms with Crippen LogP contribution in [0.3, 0.4) is 0 Å². The first-order valence-corrected chi connectivity index (χ1v) is 24.9. The van der Waals surface area contributed by atoms with E-state index >= 15 is 0 Å². The van der Waals surface area contributed by atoms with E-state index in [9.17, 15) is 0 Å². The quantitative estimate of drug-likeness (QED) is 0.151. The second-order valence-corrected chi connectivity index (χ2v) is 20.5. The molecule has 0 fully saturated rings. The maximum absolute atomic E-state index is 2.75. The SMILES string of the molecule is CC1(C)C2=CC(N(C3=CC=C(C4(C5C=CC=CC5)c5ccccc5C5(c6ccccc6)c6ccccc6-c6cccc4c65)CC3)c3cc4ccccc4c4ccccc34)CC=C2c2ccccc21. The largest absolute Gasteiger partial charge is 0.337 e. The number of nitrogens with zero attached hydrogens (tertiary/aromatic N) is 1. The second kappa shape index (κ2) is 14.8. The zero-order valence-corrected chi connectivity index (χ0v) is 38.8. The van der Waals surface area contributed by atoms with Crippen molar-refractivity contribution in [1.82, 2.24) is 0 Å². The van der Waals surface area contributed by atoms with Gasteiger partial charge in [-0.15, -0.1) is 0 Å². The maximum atomic E-state index is 2.75. The molecule has 6 aliphatic rings. The summed E-state index contributed by atoms with van der Waals surface area (Å²) in [6.45, 7) is 4.85. The van der Waals surface area contributed by atoms with Gasteiger partial charge in [0, 0.05) is 27.6 Å². The molecule has 0 aliphatic heterocycles. The Morgan fingerprint density at radius 2 is 1.21 bits per heavy atom. The normalized spacial score (nSPS) is 23.4. The van der Waals surface area contributed by atoms with Crippen LogP contribution < -0.4 is 4.90 Å². The van der Waals surface area contributed by atoms with Gasteiger partial charge in [-0.1, -0.05) is 232 Å². The summed E-state index contributed by atoms with van der Waals surface area (Å²) in [5, 5.41) is 5.20. The molecule has 1 nitrogen and oxygen atoms in total. The summed E-state index contributed by atoms with van der Waals surface area (Å²) in [4.78, 5) is 2.75. The highest BCUT2D eigenvalue weighted by molar-refractivity contribution is 6.13. The second-order valence-electron chi connectivity index (χ2n) is 20.5. The van der Waals surface area contributed by atoms with E-state index < -0.39 is 10.8 Å². The molecule has 4 unspecified atom stereocenters. The van der Waals surface area contributed by atoms with Crippen LogP contribution in [-0.4, -0.2) is 6.04 Å². The Labute approximate surface area is 400 Å². The first-order chi connectivity index (χ1) is 33.5. The third kappa shape index (κ3) is 5.22. The summed E-state index contributed by atoms with van der Waals surface area (Å²) in [7, 11) is 0. The number of allylic oxidation sites excluding steroid dienone is 10. The lowest BCUT2D eigenvalue weighted by Crippen LogP contribution is -2.48. The van der Waals surface area contributed by atoms with Crippen LogP contribution in [0.1, 0.15) is 84.0 Å². The van der Waals surface area contributed by atoms with Gasteiger partial charge in [0.2, 0.25) is 0 Å². The maximum Gasteiger partial charge on any atom is 0.0719 e. The number of benzene rings is 8. The summed E-state index contributed by atoms with van der Waals surface area (Å²) in [6.07, 6.45) is 23.6. The van der Waals surface area contributed by atoms with Crippen molar-refractivity contribution in [2.45, 2.75) is 61.8 Å². The van der Waals surface area contributed by atoms with Crippen molar-refractivity contribution in [2.24, 2.45) is 5.92 Å². The Bertz CT molecular complexity index is 3630. The van der Waals surface area contributed by atoms with Crippen molar-refractivity contribution in [3.8, 4) is 11.1 Å². The first kappa shape index (κ1) is 39.7. The molecule has 6 aliphatic carbocycles. The van der Waals surface area contributed by atoms with Gasteiger partial charge in [0.15, 0.2) is 0 Å². The molecule has 326 valence electrons. The van der Waals surface area contributed by atoms with E-state index in [1.807, 2.05) is 0 Å². The van der Waals surface area contributed by atoms with Gasteiger partial charge in [0.1, 0.15) is 0 Å². The Morgan fingerprint density at radius 3 is 2.00 bits per heavy atom. The van der Waals surface area contributed by atoms with Gasteiger partial charge in [-0.2, -0.15) is 0 Å². The molecule has 0 radical (unpaired) electrons. The lowest BCUT2D eigenvalue weighted by atomic mass is 9.49. The van der Waals surface area contributed by atoms with Crippen LogP contribution in [0.2, 0.25) is 0 Å². The molecule has 0 saturated carbocycles.